The smallest absolute Gasteiger partial charge is 0.201 e. The van der Waals surface area contributed by atoms with Crippen LogP contribution in [0.1, 0.15) is 19.8 Å². The molecule has 0 aliphatic rings. The van der Waals surface area contributed by atoms with E-state index in [4.69, 9.17) is 0 Å². The summed E-state index contributed by atoms with van der Waals surface area (Å²) in [4.78, 5) is 9.58. The highest BCUT2D eigenvalue weighted by Gasteiger charge is 2.13. The molecule has 0 fully saturated rings. The van der Waals surface area contributed by atoms with Gasteiger partial charge in [0, 0.05) is 0 Å². The summed E-state index contributed by atoms with van der Waals surface area (Å²) in [5.41, 5.74) is 0. The molecule has 0 spiro atoms. The Morgan fingerprint density at radius 1 is 1.55 bits per heavy atom. The molecule has 0 aliphatic carbocycles. The molecule has 7 heteroatoms. The van der Waals surface area contributed by atoms with Gasteiger partial charge in [0.25, 0.3) is 0 Å². The Labute approximate surface area is 64.4 Å². The second-order valence-electron chi connectivity index (χ2n) is 1.91. The number of hydrogen-bond acceptors (Lipinski definition) is 5. The van der Waals surface area contributed by atoms with Crippen LogP contribution >= 0.6 is 0 Å². The molecule has 0 aromatic rings. The molecule has 0 radical (unpaired) electrons. The third-order valence-electron chi connectivity index (χ3n) is 0.922. The van der Waals surface area contributed by atoms with E-state index in [1.165, 1.54) is 0 Å². The molecule has 0 aromatic carbocycles. The lowest BCUT2D eigenvalue weighted by Crippen LogP contribution is -2.14. The minimum Gasteiger partial charge on any atom is -0.201 e. The summed E-state index contributed by atoms with van der Waals surface area (Å²) in [6, 6.07) is 0. The highest BCUT2D eigenvalue weighted by Crippen LogP contribution is 1.98. The van der Waals surface area contributed by atoms with Gasteiger partial charge in [-0.2, -0.15) is 4.28 Å². The van der Waals surface area contributed by atoms with Crippen LogP contribution in [0.3, 0.4) is 0 Å². The van der Waals surface area contributed by atoms with Crippen LogP contribution in [0.2, 0.25) is 0 Å². The van der Waals surface area contributed by atoms with Gasteiger partial charge in [0.15, 0.2) is 0 Å². The topological polar surface area (TPSA) is 86.5 Å². The average molecular weight is 183 g/mol. The second-order valence-corrected chi connectivity index (χ2v) is 3.59. The first-order valence-electron chi connectivity index (χ1n) is 3.04. The van der Waals surface area contributed by atoms with E-state index in [9.17, 15) is 18.5 Å². The number of hydrogen-bond donors (Lipinski definition) is 0. The van der Waals surface area contributed by atoms with Crippen molar-refractivity contribution in [2.24, 2.45) is 0 Å². The molecule has 66 valence electrons. The van der Waals surface area contributed by atoms with Gasteiger partial charge in [-0.25, -0.2) is 8.42 Å². The molecule has 0 heterocycles. The molecule has 11 heavy (non-hydrogen) atoms. The zero-order valence-corrected chi connectivity index (χ0v) is 6.83. The monoisotopic (exact) mass is 183 g/mol. The molecule has 0 saturated heterocycles. The Morgan fingerprint density at radius 3 is 2.45 bits per heavy atom. The average Bonchev–Trinajstić information content (AvgIpc) is 1.81. The van der Waals surface area contributed by atoms with Crippen LogP contribution in [-0.4, -0.2) is 19.3 Å². The quantitative estimate of drug-likeness (QED) is 0.452. The van der Waals surface area contributed by atoms with E-state index in [0.29, 0.717) is 12.8 Å². The SMILES string of the molecule is CCCCS(=O)(=O)O[N+](=O)[O-]. The lowest BCUT2D eigenvalue weighted by atomic mass is 10.4. The number of nitrogens with zero attached hydrogens (tertiary/aromatic N) is 1. The summed E-state index contributed by atoms with van der Waals surface area (Å²) in [5, 5.41) is 8.27. The van der Waals surface area contributed by atoms with Gasteiger partial charge in [-0.05, 0) is 6.42 Å². The molecule has 0 amide bonds. The van der Waals surface area contributed by atoms with E-state index in [1.807, 2.05) is 0 Å². The Morgan fingerprint density at radius 2 is 2.09 bits per heavy atom. The van der Waals surface area contributed by atoms with Crippen molar-refractivity contribution < 1.29 is 17.8 Å². The van der Waals surface area contributed by atoms with Crippen LogP contribution in [0, 0.1) is 10.1 Å². The van der Waals surface area contributed by atoms with Crippen molar-refractivity contribution in [3.8, 4) is 0 Å². The van der Waals surface area contributed by atoms with Crippen molar-refractivity contribution in [1.29, 1.82) is 0 Å². The third kappa shape index (κ3) is 5.59. The molecule has 0 bridgehead atoms. The van der Waals surface area contributed by atoms with Gasteiger partial charge < -0.3 is 0 Å². The van der Waals surface area contributed by atoms with E-state index >= 15 is 0 Å². The first-order chi connectivity index (χ1) is 4.98. The van der Waals surface area contributed by atoms with E-state index in [0.717, 1.165) is 0 Å². The predicted octanol–water partition coefficient (Wildman–Crippen LogP) is 0.325. The largest absolute Gasteiger partial charge is 0.310 e. The Balaban J connectivity index is 3.92. The molecule has 0 aromatic heterocycles. The van der Waals surface area contributed by atoms with Crippen LogP contribution in [-0.2, 0) is 14.4 Å². The highest BCUT2D eigenvalue weighted by atomic mass is 32.2. The molecule has 6 nitrogen and oxygen atoms in total. The third-order valence-corrected chi connectivity index (χ3v) is 2.06. The van der Waals surface area contributed by atoms with Gasteiger partial charge in [-0.1, -0.05) is 13.3 Å². The summed E-state index contributed by atoms with van der Waals surface area (Å²) in [6.07, 6.45) is 1.02. The Kier molecular flexibility index (Phi) is 3.80. The van der Waals surface area contributed by atoms with Crippen LogP contribution in [0.25, 0.3) is 0 Å². The van der Waals surface area contributed by atoms with E-state index in [1.54, 1.807) is 6.92 Å². The summed E-state index contributed by atoms with van der Waals surface area (Å²) in [6.45, 7) is 1.78. The Hall–Kier alpha value is -0.850. The fourth-order valence-corrected chi connectivity index (χ4v) is 1.35. The Bertz CT molecular complexity index is 221. The molecule has 0 N–H and O–H groups in total. The first-order valence-corrected chi connectivity index (χ1v) is 4.62. The lowest BCUT2D eigenvalue weighted by Gasteiger charge is -1.97. The van der Waals surface area contributed by atoms with E-state index in [-0.39, 0.29) is 5.75 Å². The second kappa shape index (κ2) is 4.12. The fourth-order valence-electron chi connectivity index (χ4n) is 0.451. The highest BCUT2D eigenvalue weighted by molar-refractivity contribution is 7.86. The minimum atomic E-state index is -3.94. The molecular formula is C4H9NO5S. The van der Waals surface area contributed by atoms with Gasteiger partial charge in [0.05, 0.1) is 5.75 Å². The molecule has 0 saturated carbocycles. The van der Waals surface area contributed by atoms with Crippen LogP contribution in [0.5, 0.6) is 0 Å². The molecular weight excluding hydrogens is 174 g/mol. The summed E-state index contributed by atoms with van der Waals surface area (Å²) >= 11 is 0. The molecule has 0 atom stereocenters. The maximum atomic E-state index is 10.5. The molecule has 0 rings (SSSR count). The lowest BCUT2D eigenvalue weighted by molar-refractivity contribution is -0.711. The number of unbranched alkanes of at least 4 members (excludes halogenated alkanes) is 1. The van der Waals surface area contributed by atoms with Crippen molar-refractivity contribution in [2.75, 3.05) is 5.75 Å². The van der Waals surface area contributed by atoms with Crippen LogP contribution in [0.15, 0.2) is 0 Å². The van der Waals surface area contributed by atoms with Crippen molar-refractivity contribution in [2.45, 2.75) is 19.8 Å². The minimum absolute atomic E-state index is 0.301. The zero-order chi connectivity index (χ0) is 8.91. The van der Waals surface area contributed by atoms with Gasteiger partial charge in [-0.3, -0.25) is 0 Å². The standard InChI is InChI=1S/C4H9NO5S/c1-2-3-4-11(8,9)10-5(6)7/h2-4H2,1H3. The van der Waals surface area contributed by atoms with Crippen molar-refractivity contribution >= 4 is 10.1 Å². The maximum absolute atomic E-state index is 10.5. The zero-order valence-electron chi connectivity index (χ0n) is 6.02. The van der Waals surface area contributed by atoms with Gasteiger partial charge in [0.2, 0.25) is 0 Å². The maximum Gasteiger partial charge on any atom is 0.310 e. The molecule has 0 aliphatic heterocycles. The van der Waals surface area contributed by atoms with Gasteiger partial charge in [0.1, 0.15) is 0 Å². The van der Waals surface area contributed by atoms with Gasteiger partial charge >= 0.3 is 15.2 Å². The first kappa shape index (κ1) is 10.2. The predicted molar refractivity (Wildman–Crippen MR) is 36.8 cm³/mol. The van der Waals surface area contributed by atoms with E-state index in [2.05, 4.69) is 4.28 Å². The van der Waals surface area contributed by atoms with Crippen molar-refractivity contribution in [1.82, 2.24) is 0 Å². The fraction of sp³-hybridized carbons (Fsp3) is 1.00. The summed E-state index contributed by atoms with van der Waals surface area (Å²) in [7, 11) is -3.94. The van der Waals surface area contributed by atoms with Crippen LogP contribution < -0.4 is 0 Å². The van der Waals surface area contributed by atoms with Crippen molar-refractivity contribution in [3.63, 3.8) is 0 Å². The van der Waals surface area contributed by atoms with Crippen LogP contribution in [0.4, 0.5) is 0 Å². The summed E-state index contributed by atoms with van der Waals surface area (Å²) < 4.78 is 24.5. The normalized spacial score (nSPS) is 11.0. The number of rotatable bonds is 5. The van der Waals surface area contributed by atoms with Gasteiger partial charge in [-0.15, -0.1) is 10.1 Å². The summed E-state index contributed by atoms with van der Waals surface area (Å²) in [5.74, 6) is -0.301. The van der Waals surface area contributed by atoms with Crippen molar-refractivity contribution in [3.05, 3.63) is 10.1 Å². The van der Waals surface area contributed by atoms with E-state index < -0.39 is 15.2 Å². The molecule has 0 unspecified atom stereocenters.